The highest BCUT2D eigenvalue weighted by Crippen LogP contribution is 2.47. The molecule has 13 heteroatoms. The third kappa shape index (κ3) is 9.50. The predicted octanol–water partition coefficient (Wildman–Crippen LogP) is 25.9. The summed E-state index contributed by atoms with van der Waals surface area (Å²) in [5, 5.41) is 15.6. The summed E-state index contributed by atoms with van der Waals surface area (Å²) < 4.78 is 33.8. The van der Waals surface area contributed by atoms with Crippen LogP contribution in [0.1, 0.15) is 0 Å². The fourth-order valence-electron chi connectivity index (χ4n) is 16.4. The summed E-state index contributed by atoms with van der Waals surface area (Å²) in [6.07, 6.45) is 0. The van der Waals surface area contributed by atoms with Crippen LogP contribution in [0.2, 0.25) is 0 Å². The molecule has 9 heterocycles. The van der Waals surface area contributed by atoms with Crippen LogP contribution >= 0.6 is 11.3 Å². The maximum absolute atomic E-state index is 6.75. The molecule has 0 saturated heterocycles. The maximum atomic E-state index is 6.75. The van der Waals surface area contributed by atoms with Gasteiger partial charge in [0.2, 0.25) is 0 Å². The molecule has 0 bridgehead atoms. The summed E-state index contributed by atoms with van der Waals surface area (Å²) >= 11 is 1.86. The Kier molecular flexibility index (Phi) is 13.3. The molecule has 0 aliphatic heterocycles. The molecular formula is C96H54N8O4S. The topological polar surface area (TPSA) is 140 Å². The van der Waals surface area contributed by atoms with Gasteiger partial charge in [-0.15, -0.1) is 11.3 Å². The number of thiophene rings is 1. The van der Waals surface area contributed by atoms with Crippen molar-refractivity contribution in [1.82, 2.24) is 39.0 Å². The number of hydrogen-bond acceptors (Lipinski definition) is 11. The van der Waals surface area contributed by atoms with Crippen LogP contribution in [0.4, 0.5) is 0 Å². The van der Waals surface area contributed by atoms with Crippen LogP contribution in [0.3, 0.4) is 0 Å². The van der Waals surface area contributed by atoms with Gasteiger partial charge in [0.05, 0.1) is 43.5 Å². The molecule has 0 fully saturated rings. The number of aromatic nitrogens is 8. The van der Waals surface area contributed by atoms with Gasteiger partial charge in [0.15, 0.2) is 40.5 Å². The van der Waals surface area contributed by atoms with Gasteiger partial charge < -0.3 is 26.8 Å². The number of rotatable bonds is 8. The molecule has 12 nitrogen and oxygen atoms in total. The van der Waals surface area contributed by atoms with E-state index in [-0.39, 0.29) is 0 Å². The smallest absolute Gasteiger partial charge is 0.167 e. The Hall–Kier alpha value is -14.7. The third-order valence-electron chi connectivity index (χ3n) is 21.3. The van der Waals surface area contributed by atoms with E-state index in [9.17, 15) is 0 Å². The lowest BCUT2D eigenvalue weighted by molar-refractivity contribution is 0.668. The van der Waals surface area contributed by atoms with E-state index in [0.717, 1.165) is 149 Å². The van der Waals surface area contributed by atoms with E-state index in [1.165, 1.54) is 42.0 Å². The first-order chi connectivity index (χ1) is 54.0. The highest BCUT2D eigenvalue weighted by molar-refractivity contribution is 7.26. The SMILES string of the molecule is c1ccc(-c2nc(-c3cccc4c3oc3ccccc34)nc(-c3cccc4c3oc3ccc(-n5c6ccccc6c6ccc7c8ccccc8oc7c65)cc34)n2)cc1.c1ccc(-c2nc(-c3ccccc3)nc(-c3cccc4c3oc3ccc(-n5c6ccccc6c6ccc7c8ccccc8sc7c65)cc34)n2)cc1. The Morgan fingerprint density at radius 1 is 0.220 bits per heavy atom. The van der Waals surface area contributed by atoms with Crippen molar-refractivity contribution in [3.63, 3.8) is 0 Å². The lowest BCUT2D eigenvalue weighted by Crippen LogP contribution is -2.00. The number of benzene rings is 15. The molecule has 0 atom stereocenters. The minimum Gasteiger partial charge on any atom is -0.455 e. The third-order valence-corrected chi connectivity index (χ3v) is 22.5. The molecule has 24 rings (SSSR count). The summed E-state index contributed by atoms with van der Waals surface area (Å²) in [5.74, 6) is 3.40. The monoisotopic (exact) mass is 1410 g/mol. The highest BCUT2D eigenvalue weighted by atomic mass is 32.1. The molecular weight excluding hydrogens is 1360 g/mol. The van der Waals surface area contributed by atoms with Crippen molar-refractivity contribution in [2.24, 2.45) is 0 Å². The van der Waals surface area contributed by atoms with Gasteiger partial charge >= 0.3 is 0 Å². The standard InChI is InChI=1S/C51H28N4O3.C45H26N4OS/c1-2-12-29(13-3-1)49-52-50(38-19-10-17-35-32-15-5-8-22-42(32)56-46(35)38)54-51(53-49)39-20-11-18-36-40-28-30(24-27-44(40)57-47(36)39)55-41-21-7-4-14-31(41)34-25-26-37-33-16-6-9-23-43(33)58-48(37)45(34)55;1-3-12-27(13-4-1)43-46-44(28-14-5-2-6-15-28)48-45(47-43)35-19-11-18-33-36-26-29(22-25-38(36)50-41(33)35)49-37-20-9-7-16-30(37)32-23-24-34-31-17-8-10-21-39(31)51-42(34)40(32)49/h1-28H;1-26H. The Balaban J connectivity index is 0.000000132. The van der Waals surface area contributed by atoms with E-state index in [2.05, 4.69) is 185 Å². The first-order valence-electron chi connectivity index (χ1n) is 36.2. The van der Waals surface area contributed by atoms with E-state index in [0.29, 0.717) is 40.5 Å². The van der Waals surface area contributed by atoms with Crippen LogP contribution < -0.4 is 0 Å². The van der Waals surface area contributed by atoms with Crippen molar-refractivity contribution in [1.29, 1.82) is 0 Å². The maximum Gasteiger partial charge on any atom is 0.167 e. The second-order valence-corrected chi connectivity index (χ2v) is 28.6. The van der Waals surface area contributed by atoms with Gasteiger partial charge in [-0.05, 0) is 91.0 Å². The van der Waals surface area contributed by atoms with E-state index in [4.69, 9.17) is 47.6 Å². The molecule has 15 aromatic carbocycles. The minimum absolute atomic E-state index is 0.511. The molecule has 0 spiro atoms. The van der Waals surface area contributed by atoms with Crippen LogP contribution in [-0.4, -0.2) is 39.0 Å². The van der Waals surface area contributed by atoms with Gasteiger partial charge in [-0.3, -0.25) is 0 Å². The minimum atomic E-state index is 0.511. The molecule has 0 aliphatic carbocycles. The fourth-order valence-corrected chi connectivity index (χ4v) is 17.6. The van der Waals surface area contributed by atoms with E-state index in [1.54, 1.807) is 0 Å². The molecule has 0 N–H and O–H groups in total. The van der Waals surface area contributed by atoms with Gasteiger partial charge in [-0.25, -0.2) is 29.9 Å². The van der Waals surface area contributed by atoms with Crippen LogP contribution in [0.5, 0.6) is 0 Å². The fraction of sp³-hybridized carbons (Fsp3) is 0. The highest BCUT2D eigenvalue weighted by Gasteiger charge is 2.26. The van der Waals surface area contributed by atoms with Crippen molar-refractivity contribution >= 4 is 163 Å². The van der Waals surface area contributed by atoms with Crippen LogP contribution in [0.15, 0.2) is 345 Å². The summed E-state index contributed by atoms with van der Waals surface area (Å²) in [4.78, 5) is 30.2. The Morgan fingerprint density at radius 3 is 1.06 bits per heavy atom. The summed E-state index contributed by atoms with van der Waals surface area (Å²) in [6, 6.07) is 113. The number of para-hydroxylation sites is 7. The van der Waals surface area contributed by atoms with Crippen molar-refractivity contribution in [2.45, 2.75) is 0 Å². The lowest BCUT2D eigenvalue weighted by atomic mass is 10.1. The van der Waals surface area contributed by atoms with Gasteiger partial charge in [-0.2, -0.15) is 0 Å². The lowest BCUT2D eigenvalue weighted by Gasteiger charge is -2.09. The zero-order valence-electron chi connectivity index (χ0n) is 57.8. The molecule has 0 saturated carbocycles. The zero-order chi connectivity index (χ0) is 71.4. The first kappa shape index (κ1) is 60.7. The average molecular weight is 1420 g/mol. The summed E-state index contributed by atoms with van der Waals surface area (Å²) in [6.45, 7) is 0. The Bertz CT molecular complexity index is 7820. The van der Waals surface area contributed by atoms with Gasteiger partial charge in [0.1, 0.15) is 39.1 Å². The number of furan rings is 4. The Labute approximate surface area is 622 Å². The second kappa shape index (κ2) is 23.9. The van der Waals surface area contributed by atoms with Crippen LogP contribution in [0, 0.1) is 0 Å². The molecule has 9 aromatic heterocycles. The second-order valence-electron chi connectivity index (χ2n) is 27.5. The number of hydrogen-bond donors (Lipinski definition) is 0. The zero-order valence-corrected chi connectivity index (χ0v) is 58.6. The van der Waals surface area contributed by atoms with E-state index < -0.39 is 0 Å². The van der Waals surface area contributed by atoms with Gasteiger partial charge in [0.25, 0.3) is 0 Å². The molecule has 24 aromatic rings. The largest absolute Gasteiger partial charge is 0.455 e. The molecule has 0 radical (unpaired) electrons. The molecule has 109 heavy (non-hydrogen) atoms. The molecule has 0 unspecified atom stereocenters. The molecule has 508 valence electrons. The average Bonchev–Trinajstić information content (AvgIpc) is 1.56. The number of fused-ring (bicyclic) bond motifs is 23. The quantitative estimate of drug-likeness (QED) is 0.144. The van der Waals surface area contributed by atoms with Crippen LogP contribution in [0.25, 0.3) is 231 Å². The van der Waals surface area contributed by atoms with Gasteiger partial charge in [-0.1, -0.05) is 237 Å². The van der Waals surface area contributed by atoms with Crippen molar-refractivity contribution in [2.75, 3.05) is 0 Å². The Morgan fingerprint density at radius 2 is 0.560 bits per heavy atom. The number of nitrogens with zero attached hydrogens (tertiary/aromatic N) is 8. The van der Waals surface area contributed by atoms with Crippen molar-refractivity contribution in [3.8, 4) is 79.7 Å². The van der Waals surface area contributed by atoms with Crippen molar-refractivity contribution in [3.05, 3.63) is 328 Å². The first-order valence-corrected chi connectivity index (χ1v) is 37.0. The predicted molar refractivity (Wildman–Crippen MR) is 443 cm³/mol. The summed E-state index contributed by atoms with van der Waals surface area (Å²) in [7, 11) is 0. The van der Waals surface area contributed by atoms with Crippen LogP contribution in [-0.2, 0) is 0 Å². The molecule has 0 aliphatic rings. The summed E-state index contributed by atoms with van der Waals surface area (Å²) in [5.41, 5.74) is 18.1. The van der Waals surface area contributed by atoms with Crippen molar-refractivity contribution < 1.29 is 17.7 Å². The van der Waals surface area contributed by atoms with E-state index in [1.807, 2.05) is 163 Å². The normalized spacial score (nSPS) is 12.0. The van der Waals surface area contributed by atoms with E-state index >= 15 is 0 Å². The van der Waals surface area contributed by atoms with Gasteiger partial charge in [0, 0.05) is 108 Å². The molecule has 0 amide bonds.